The van der Waals surface area contributed by atoms with Crippen LogP contribution in [0.5, 0.6) is 0 Å². The number of nitrogens with zero attached hydrogens (tertiary/aromatic N) is 3. The smallest absolute Gasteiger partial charge is 0.235 e. The molecule has 0 aliphatic carbocycles. The van der Waals surface area contributed by atoms with Crippen molar-refractivity contribution in [1.82, 2.24) is 10.2 Å². The molecular weight excluding hydrogens is 410 g/mol. The number of nitrogens with one attached hydrogen (secondary N) is 2. The van der Waals surface area contributed by atoms with Crippen molar-refractivity contribution in [2.24, 2.45) is 0 Å². The number of hydrogen-bond acceptors (Lipinski definition) is 8. The molecule has 2 aromatic heterocycles. The van der Waals surface area contributed by atoms with Crippen LogP contribution in [0.1, 0.15) is 11.1 Å². The lowest BCUT2D eigenvalue weighted by atomic mass is 10.2. The van der Waals surface area contributed by atoms with Crippen molar-refractivity contribution in [2.45, 2.75) is 11.3 Å². The van der Waals surface area contributed by atoms with Gasteiger partial charge in [0.05, 0.1) is 11.3 Å². The van der Waals surface area contributed by atoms with Crippen LogP contribution in [0, 0.1) is 18.3 Å². The van der Waals surface area contributed by atoms with Gasteiger partial charge in [-0.25, -0.2) is 0 Å². The molecule has 0 saturated carbocycles. The molecule has 3 rings (SSSR count). The highest BCUT2D eigenvalue weighted by Crippen LogP contribution is 2.29. The molecule has 3 aromatic rings. The van der Waals surface area contributed by atoms with E-state index < -0.39 is 0 Å². The highest BCUT2D eigenvalue weighted by Gasteiger charge is 2.11. The Kier molecular flexibility index (Phi) is 6.11. The van der Waals surface area contributed by atoms with E-state index >= 15 is 0 Å². The van der Waals surface area contributed by atoms with E-state index in [1.807, 2.05) is 31.2 Å². The van der Waals surface area contributed by atoms with Gasteiger partial charge in [-0.1, -0.05) is 40.8 Å². The van der Waals surface area contributed by atoms with Crippen molar-refractivity contribution >= 4 is 67.8 Å². The largest absolute Gasteiger partial charge is 0.330 e. The average Bonchev–Trinajstić information content (AvgIpc) is 3.25. The molecular formula is C16H12ClN5OS3. The fourth-order valence-corrected chi connectivity index (χ4v) is 4.40. The summed E-state index contributed by atoms with van der Waals surface area (Å²) in [6, 6.07) is 9.38. The minimum absolute atomic E-state index is 0.188. The van der Waals surface area contributed by atoms with Crippen LogP contribution in [0.15, 0.2) is 34.0 Å². The second-order valence-electron chi connectivity index (χ2n) is 5.07. The van der Waals surface area contributed by atoms with Gasteiger partial charge < -0.3 is 10.6 Å². The first kappa shape index (κ1) is 18.7. The monoisotopic (exact) mass is 421 g/mol. The van der Waals surface area contributed by atoms with Gasteiger partial charge in [0.2, 0.25) is 11.0 Å². The van der Waals surface area contributed by atoms with Gasteiger partial charge in [-0.15, -0.1) is 21.5 Å². The SMILES string of the molecule is Cc1ccc(Nc2nnc(SCC(=O)Nc3sccc3C#N)s2)cc1Cl. The normalized spacial score (nSPS) is 10.3. The van der Waals surface area contributed by atoms with Crippen LogP contribution in [0.3, 0.4) is 0 Å². The number of nitriles is 1. The third kappa shape index (κ3) is 4.74. The van der Waals surface area contributed by atoms with Crippen molar-refractivity contribution in [3.05, 3.63) is 45.8 Å². The number of thiophene rings is 1. The van der Waals surface area contributed by atoms with E-state index in [0.29, 0.717) is 25.1 Å². The van der Waals surface area contributed by atoms with Crippen molar-refractivity contribution in [3.63, 3.8) is 0 Å². The summed E-state index contributed by atoms with van der Waals surface area (Å²) in [7, 11) is 0. The summed E-state index contributed by atoms with van der Waals surface area (Å²) in [5.74, 6) is -0.00251. The first-order valence-electron chi connectivity index (χ1n) is 7.32. The average molecular weight is 422 g/mol. The number of rotatable bonds is 6. The molecule has 0 aliphatic heterocycles. The van der Waals surface area contributed by atoms with Gasteiger partial charge in [-0.05, 0) is 36.1 Å². The van der Waals surface area contributed by atoms with E-state index in [1.165, 1.54) is 34.4 Å². The number of aromatic nitrogens is 2. The molecule has 0 aliphatic rings. The number of aryl methyl sites for hydroxylation is 1. The maximum atomic E-state index is 12.0. The summed E-state index contributed by atoms with van der Waals surface area (Å²) in [4.78, 5) is 12.0. The quantitative estimate of drug-likeness (QED) is 0.549. The molecule has 0 atom stereocenters. The Hall–Kier alpha value is -2.12. The molecule has 0 spiro atoms. The van der Waals surface area contributed by atoms with E-state index in [2.05, 4.69) is 20.8 Å². The Bertz CT molecular complexity index is 978. The summed E-state index contributed by atoms with van der Waals surface area (Å²) < 4.78 is 0.674. The van der Waals surface area contributed by atoms with E-state index in [9.17, 15) is 4.79 Å². The zero-order valence-electron chi connectivity index (χ0n) is 13.4. The Morgan fingerprint density at radius 1 is 1.38 bits per heavy atom. The van der Waals surface area contributed by atoms with Crippen LogP contribution >= 0.6 is 46.0 Å². The van der Waals surface area contributed by atoms with Crippen molar-refractivity contribution < 1.29 is 4.79 Å². The first-order chi connectivity index (χ1) is 12.5. The number of carbonyl (C=O) groups excluding carboxylic acids is 1. The summed E-state index contributed by atoms with van der Waals surface area (Å²) in [6.07, 6.45) is 0. The van der Waals surface area contributed by atoms with Crippen LogP contribution in [0.4, 0.5) is 15.8 Å². The van der Waals surface area contributed by atoms with Crippen molar-refractivity contribution in [2.75, 3.05) is 16.4 Å². The molecule has 132 valence electrons. The molecule has 1 aromatic carbocycles. The number of thioether (sulfide) groups is 1. The van der Waals surface area contributed by atoms with Crippen molar-refractivity contribution in [3.8, 4) is 6.07 Å². The molecule has 6 nitrogen and oxygen atoms in total. The summed E-state index contributed by atoms with van der Waals surface area (Å²) in [5, 5.41) is 26.6. The van der Waals surface area contributed by atoms with E-state index in [4.69, 9.17) is 16.9 Å². The molecule has 0 bridgehead atoms. The van der Waals surface area contributed by atoms with Gasteiger partial charge in [-0.3, -0.25) is 4.79 Å². The van der Waals surface area contributed by atoms with Gasteiger partial charge in [0.25, 0.3) is 0 Å². The molecule has 0 unspecified atom stereocenters. The summed E-state index contributed by atoms with van der Waals surface area (Å²) >= 11 is 10.1. The first-order valence-corrected chi connectivity index (χ1v) is 10.4. The second kappa shape index (κ2) is 8.51. The van der Waals surface area contributed by atoms with Crippen LogP contribution in [-0.4, -0.2) is 21.9 Å². The predicted molar refractivity (Wildman–Crippen MR) is 108 cm³/mol. The van der Waals surface area contributed by atoms with E-state index in [1.54, 1.807) is 11.4 Å². The number of anilines is 3. The predicted octanol–water partition coefficient (Wildman–Crippen LogP) is 4.91. The third-order valence-corrected chi connectivity index (χ3v) is 6.40. The third-order valence-electron chi connectivity index (χ3n) is 3.19. The minimum Gasteiger partial charge on any atom is -0.330 e. The van der Waals surface area contributed by atoms with Crippen LogP contribution < -0.4 is 10.6 Å². The fraction of sp³-hybridized carbons (Fsp3) is 0.125. The molecule has 2 N–H and O–H groups in total. The van der Waals surface area contributed by atoms with Gasteiger partial charge in [-0.2, -0.15) is 5.26 Å². The number of hydrogen-bond donors (Lipinski definition) is 2. The van der Waals surface area contributed by atoms with Crippen LogP contribution in [-0.2, 0) is 4.79 Å². The topological polar surface area (TPSA) is 90.7 Å². The Labute approximate surface area is 167 Å². The Morgan fingerprint density at radius 2 is 2.23 bits per heavy atom. The maximum Gasteiger partial charge on any atom is 0.235 e. The lowest BCUT2D eigenvalue weighted by Gasteiger charge is -2.04. The number of halogens is 1. The van der Waals surface area contributed by atoms with E-state index in [-0.39, 0.29) is 11.7 Å². The molecule has 0 fully saturated rings. The maximum absolute atomic E-state index is 12.0. The zero-order chi connectivity index (χ0) is 18.5. The van der Waals surface area contributed by atoms with Gasteiger partial charge in [0.1, 0.15) is 11.1 Å². The number of amides is 1. The highest BCUT2D eigenvalue weighted by molar-refractivity contribution is 8.01. The van der Waals surface area contributed by atoms with Gasteiger partial charge in [0.15, 0.2) is 4.34 Å². The van der Waals surface area contributed by atoms with Gasteiger partial charge >= 0.3 is 0 Å². The minimum atomic E-state index is -0.191. The van der Waals surface area contributed by atoms with E-state index in [0.717, 1.165) is 11.3 Å². The van der Waals surface area contributed by atoms with Crippen LogP contribution in [0.25, 0.3) is 0 Å². The Morgan fingerprint density at radius 3 is 3.00 bits per heavy atom. The molecule has 0 saturated heterocycles. The molecule has 2 heterocycles. The Balaban J connectivity index is 1.54. The fourth-order valence-electron chi connectivity index (χ4n) is 1.90. The molecule has 0 radical (unpaired) electrons. The molecule has 1 amide bonds. The van der Waals surface area contributed by atoms with Crippen molar-refractivity contribution in [1.29, 1.82) is 5.26 Å². The number of carbonyl (C=O) groups is 1. The number of benzene rings is 1. The molecule has 26 heavy (non-hydrogen) atoms. The highest BCUT2D eigenvalue weighted by atomic mass is 35.5. The zero-order valence-corrected chi connectivity index (χ0v) is 16.7. The summed E-state index contributed by atoms with van der Waals surface area (Å²) in [6.45, 7) is 1.94. The standard InChI is InChI=1S/C16H12ClN5OS3/c1-9-2-3-11(6-12(9)17)19-15-21-22-16(26-15)25-8-13(23)20-14-10(7-18)4-5-24-14/h2-6H,8H2,1H3,(H,19,21)(H,20,23). The molecule has 10 heteroatoms. The lowest BCUT2D eigenvalue weighted by molar-refractivity contribution is -0.113. The lowest BCUT2D eigenvalue weighted by Crippen LogP contribution is -2.13. The summed E-state index contributed by atoms with van der Waals surface area (Å²) in [5.41, 5.74) is 2.29. The van der Waals surface area contributed by atoms with Gasteiger partial charge in [0, 0.05) is 10.7 Å². The second-order valence-corrected chi connectivity index (χ2v) is 8.60. The van der Waals surface area contributed by atoms with Crippen LogP contribution in [0.2, 0.25) is 5.02 Å².